The van der Waals surface area contributed by atoms with Gasteiger partial charge in [0.25, 0.3) is 0 Å². The van der Waals surface area contributed by atoms with Crippen LogP contribution in [0.15, 0.2) is 18.2 Å². The van der Waals surface area contributed by atoms with Crippen LogP contribution < -0.4 is 5.11 Å². The zero-order valence-electron chi connectivity index (χ0n) is 6.28. The fourth-order valence-corrected chi connectivity index (χ4v) is 2.09. The van der Waals surface area contributed by atoms with Crippen molar-refractivity contribution in [2.75, 3.05) is 0 Å². The summed E-state index contributed by atoms with van der Waals surface area (Å²) >= 11 is 6.91. The van der Waals surface area contributed by atoms with Crippen LogP contribution in [0, 0.1) is 0 Å². The van der Waals surface area contributed by atoms with Gasteiger partial charge in [-0.25, -0.2) is 4.98 Å². The van der Waals surface area contributed by atoms with Crippen molar-refractivity contribution >= 4 is 39.1 Å². The molecule has 0 saturated heterocycles. The van der Waals surface area contributed by atoms with Crippen LogP contribution in [0.1, 0.15) is 10.4 Å². The van der Waals surface area contributed by atoms with E-state index in [1.54, 1.807) is 6.07 Å². The number of hydrogen-bond acceptors (Lipinski definition) is 4. The van der Waals surface area contributed by atoms with E-state index in [4.69, 9.17) is 11.6 Å². The van der Waals surface area contributed by atoms with Crippen molar-refractivity contribution in [3.05, 3.63) is 28.2 Å². The number of rotatable bonds is 1. The first-order valence-corrected chi connectivity index (χ1v) is 4.64. The number of carboxylic acids is 1. The van der Waals surface area contributed by atoms with E-state index in [1.807, 2.05) is 0 Å². The van der Waals surface area contributed by atoms with Gasteiger partial charge in [0, 0.05) is 0 Å². The van der Waals surface area contributed by atoms with Gasteiger partial charge in [-0.2, -0.15) is 0 Å². The second-order valence-electron chi connectivity index (χ2n) is 2.44. The molecule has 0 spiro atoms. The average Bonchev–Trinajstić information content (AvgIpc) is 2.42. The Morgan fingerprint density at radius 1 is 1.54 bits per heavy atom. The second-order valence-corrected chi connectivity index (χ2v) is 4.05. The summed E-state index contributed by atoms with van der Waals surface area (Å²) in [6, 6.07) is 4.57. The Labute approximate surface area is 82.6 Å². The number of halogens is 1. The number of nitrogens with zero attached hydrogens (tertiary/aromatic N) is 1. The molecule has 66 valence electrons. The van der Waals surface area contributed by atoms with Gasteiger partial charge in [0.15, 0.2) is 4.47 Å². The first-order valence-electron chi connectivity index (χ1n) is 3.44. The zero-order valence-corrected chi connectivity index (χ0v) is 7.85. The highest BCUT2D eigenvalue weighted by atomic mass is 35.5. The maximum Gasteiger partial charge on any atom is 0.184 e. The topological polar surface area (TPSA) is 53.0 Å². The number of thiazole rings is 1. The predicted octanol–water partition coefficient (Wildman–Crippen LogP) is 1.31. The predicted molar refractivity (Wildman–Crippen MR) is 49.0 cm³/mol. The summed E-state index contributed by atoms with van der Waals surface area (Å²) in [4.78, 5) is 14.5. The quantitative estimate of drug-likeness (QED) is 0.716. The van der Waals surface area contributed by atoms with Crippen LogP contribution in [0.3, 0.4) is 0 Å². The van der Waals surface area contributed by atoms with Crippen LogP contribution in [-0.2, 0) is 0 Å². The smallest absolute Gasteiger partial charge is 0.184 e. The van der Waals surface area contributed by atoms with E-state index in [2.05, 4.69) is 4.98 Å². The lowest BCUT2D eigenvalue weighted by Crippen LogP contribution is -2.21. The Balaban J connectivity index is 2.67. The number of fused-ring (bicyclic) bond motifs is 1. The van der Waals surface area contributed by atoms with Crippen LogP contribution in [0.25, 0.3) is 10.2 Å². The van der Waals surface area contributed by atoms with Crippen molar-refractivity contribution in [1.29, 1.82) is 0 Å². The first-order chi connectivity index (χ1) is 6.16. The van der Waals surface area contributed by atoms with Gasteiger partial charge in [0.05, 0.1) is 16.2 Å². The van der Waals surface area contributed by atoms with Gasteiger partial charge >= 0.3 is 0 Å². The minimum Gasteiger partial charge on any atom is -0.545 e. The van der Waals surface area contributed by atoms with Crippen LogP contribution >= 0.6 is 22.9 Å². The molecule has 0 aliphatic carbocycles. The summed E-state index contributed by atoms with van der Waals surface area (Å²) < 4.78 is 1.16. The summed E-state index contributed by atoms with van der Waals surface area (Å²) in [6.45, 7) is 0. The highest BCUT2D eigenvalue weighted by Crippen LogP contribution is 2.26. The number of hydrogen-bond donors (Lipinski definition) is 0. The third-order valence-electron chi connectivity index (χ3n) is 1.60. The molecule has 13 heavy (non-hydrogen) atoms. The Hall–Kier alpha value is -1.13. The molecule has 3 nitrogen and oxygen atoms in total. The lowest BCUT2D eigenvalue weighted by Gasteiger charge is -1.99. The van der Waals surface area contributed by atoms with E-state index in [0.717, 1.165) is 4.70 Å². The van der Waals surface area contributed by atoms with E-state index in [1.165, 1.54) is 23.5 Å². The van der Waals surface area contributed by atoms with Crippen molar-refractivity contribution in [1.82, 2.24) is 4.98 Å². The molecule has 0 fully saturated rings. The molecule has 5 heteroatoms. The van der Waals surface area contributed by atoms with Crippen molar-refractivity contribution in [3.8, 4) is 0 Å². The molecule has 0 unspecified atom stereocenters. The van der Waals surface area contributed by atoms with Crippen molar-refractivity contribution in [2.45, 2.75) is 0 Å². The fraction of sp³-hybridized carbons (Fsp3) is 0. The molecular weight excluding hydrogens is 210 g/mol. The monoisotopic (exact) mass is 212 g/mol. The second kappa shape index (κ2) is 2.97. The minimum absolute atomic E-state index is 0.146. The summed E-state index contributed by atoms with van der Waals surface area (Å²) in [6.07, 6.45) is 0. The number of aromatic nitrogens is 1. The number of aromatic carboxylic acids is 1. The van der Waals surface area contributed by atoms with Crippen molar-refractivity contribution < 1.29 is 9.90 Å². The number of carbonyl (C=O) groups is 1. The zero-order chi connectivity index (χ0) is 9.42. The molecule has 2 aromatic rings. The third kappa shape index (κ3) is 1.50. The minimum atomic E-state index is -1.19. The van der Waals surface area contributed by atoms with Gasteiger partial charge in [0.2, 0.25) is 0 Å². The summed E-state index contributed by atoms with van der Waals surface area (Å²) in [5, 5.41) is 10.5. The van der Waals surface area contributed by atoms with Gasteiger partial charge in [-0.3, -0.25) is 0 Å². The number of benzene rings is 1. The molecule has 0 radical (unpaired) electrons. The van der Waals surface area contributed by atoms with E-state index in [-0.39, 0.29) is 5.56 Å². The largest absolute Gasteiger partial charge is 0.545 e. The van der Waals surface area contributed by atoms with Crippen LogP contribution in [-0.4, -0.2) is 11.0 Å². The van der Waals surface area contributed by atoms with Gasteiger partial charge < -0.3 is 9.90 Å². The number of carboxylic acid groups (broad SMARTS) is 1. The molecule has 1 heterocycles. The fourth-order valence-electron chi connectivity index (χ4n) is 1.02. The van der Waals surface area contributed by atoms with E-state index in [9.17, 15) is 9.90 Å². The molecule has 0 atom stereocenters. The lowest BCUT2D eigenvalue weighted by molar-refractivity contribution is -0.255. The molecule has 2 rings (SSSR count). The highest BCUT2D eigenvalue weighted by molar-refractivity contribution is 7.22. The van der Waals surface area contributed by atoms with Crippen LogP contribution in [0.4, 0.5) is 0 Å². The Kier molecular flexibility index (Phi) is 1.94. The molecule has 0 bridgehead atoms. The SMILES string of the molecule is O=C([O-])c1ccc2nc(Cl)sc2c1. The standard InChI is InChI=1S/C8H4ClNO2S/c9-8-10-5-2-1-4(7(11)12)3-6(5)13-8/h1-3H,(H,11,12)/p-1. The lowest BCUT2D eigenvalue weighted by atomic mass is 10.2. The molecule has 1 aromatic carbocycles. The molecule has 1 aromatic heterocycles. The first kappa shape index (κ1) is 8.47. The van der Waals surface area contributed by atoms with E-state index >= 15 is 0 Å². The molecule has 0 amide bonds. The molecular formula is C8H3ClNO2S-. The number of carbonyl (C=O) groups excluding carboxylic acids is 1. The van der Waals surface area contributed by atoms with Gasteiger partial charge in [-0.05, 0) is 17.7 Å². The summed E-state index contributed by atoms with van der Waals surface area (Å²) in [7, 11) is 0. The normalized spacial score (nSPS) is 10.5. The molecule has 0 N–H and O–H groups in total. The highest BCUT2D eigenvalue weighted by Gasteiger charge is 2.02. The molecule has 0 saturated carbocycles. The summed E-state index contributed by atoms with van der Waals surface area (Å²) in [5.41, 5.74) is 0.854. The molecule has 0 aliphatic heterocycles. The van der Waals surface area contributed by atoms with Gasteiger partial charge in [-0.15, -0.1) is 11.3 Å². The van der Waals surface area contributed by atoms with Gasteiger partial charge in [-0.1, -0.05) is 17.7 Å². The maximum atomic E-state index is 10.5. The van der Waals surface area contributed by atoms with Crippen LogP contribution in [0.5, 0.6) is 0 Å². The van der Waals surface area contributed by atoms with Crippen molar-refractivity contribution in [2.24, 2.45) is 0 Å². The van der Waals surface area contributed by atoms with Crippen LogP contribution in [0.2, 0.25) is 4.47 Å². The molecule has 0 aliphatic rings. The Bertz CT molecular complexity index is 480. The van der Waals surface area contributed by atoms with Crippen molar-refractivity contribution in [3.63, 3.8) is 0 Å². The Morgan fingerprint density at radius 2 is 2.31 bits per heavy atom. The third-order valence-corrected chi connectivity index (χ3v) is 2.72. The Morgan fingerprint density at radius 3 is 3.00 bits per heavy atom. The maximum absolute atomic E-state index is 10.5. The average molecular weight is 213 g/mol. The van der Waals surface area contributed by atoms with E-state index < -0.39 is 5.97 Å². The summed E-state index contributed by atoms with van der Waals surface area (Å²) in [5.74, 6) is -1.19. The van der Waals surface area contributed by atoms with Gasteiger partial charge in [0.1, 0.15) is 0 Å². The van der Waals surface area contributed by atoms with E-state index in [0.29, 0.717) is 9.98 Å².